The van der Waals surface area contributed by atoms with Crippen LogP contribution in [0.1, 0.15) is 32.4 Å². The summed E-state index contributed by atoms with van der Waals surface area (Å²) in [4.78, 5) is 11.3. The second kappa shape index (κ2) is 6.21. The van der Waals surface area contributed by atoms with E-state index in [2.05, 4.69) is 6.58 Å². The highest BCUT2D eigenvalue weighted by Gasteiger charge is 2.14. The van der Waals surface area contributed by atoms with E-state index in [9.17, 15) is 4.79 Å². The maximum absolute atomic E-state index is 11.3. The third-order valence-electron chi connectivity index (χ3n) is 2.29. The fourth-order valence-electron chi connectivity index (χ4n) is 1.37. The molecule has 0 saturated carbocycles. The summed E-state index contributed by atoms with van der Waals surface area (Å²) >= 11 is 0. The van der Waals surface area contributed by atoms with Crippen LogP contribution in [-0.2, 0) is 14.3 Å². The lowest BCUT2D eigenvalue weighted by Gasteiger charge is -2.19. The standard InChI is InChI=1S/C14H18O3/c1-10(2)14(15)17-12(4)16-11(3)13-8-6-5-7-9-13/h5-9,11-12H,1H2,2-4H3. The Bertz CT molecular complexity index is 384. The van der Waals surface area contributed by atoms with Gasteiger partial charge in [-0.3, -0.25) is 0 Å². The van der Waals surface area contributed by atoms with Crippen LogP contribution in [0.3, 0.4) is 0 Å². The van der Waals surface area contributed by atoms with Crippen LogP contribution >= 0.6 is 0 Å². The van der Waals surface area contributed by atoms with Crippen molar-refractivity contribution in [1.29, 1.82) is 0 Å². The number of carbonyl (C=O) groups excluding carboxylic acids is 1. The van der Waals surface area contributed by atoms with Crippen LogP contribution < -0.4 is 0 Å². The SMILES string of the molecule is C=C(C)C(=O)OC(C)OC(C)c1ccccc1. The Morgan fingerprint density at radius 1 is 1.24 bits per heavy atom. The van der Waals surface area contributed by atoms with E-state index < -0.39 is 12.3 Å². The zero-order valence-corrected chi connectivity index (χ0v) is 10.5. The van der Waals surface area contributed by atoms with Crippen LogP contribution in [0.4, 0.5) is 0 Å². The summed E-state index contributed by atoms with van der Waals surface area (Å²) in [7, 11) is 0. The van der Waals surface area contributed by atoms with E-state index in [1.54, 1.807) is 13.8 Å². The predicted molar refractivity (Wildman–Crippen MR) is 66.3 cm³/mol. The molecule has 3 nitrogen and oxygen atoms in total. The summed E-state index contributed by atoms with van der Waals surface area (Å²) < 4.78 is 10.6. The number of esters is 1. The number of benzene rings is 1. The number of rotatable bonds is 5. The zero-order valence-electron chi connectivity index (χ0n) is 10.5. The van der Waals surface area contributed by atoms with Gasteiger partial charge in [0, 0.05) is 5.57 Å². The molecule has 0 aromatic heterocycles. The lowest BCUT2D eigenvalue weighted by atomic mass is 10.1. The first kappa shape index (κ1) is 13.5. The average Bonchev–Trinajstić information content (AvgIpc) is 2.29. The molecule has 0 aliphatic heterocycles. The molecule has 0 radical (unpaired) electrons. The Balaban J connectivity index is 2.49. The van der Waals surface area contributed by atoms with Crippen LogP contribution in [0.25, 0.3) is 0 Å². The van der Waals surface area contributed by atoms with Gasteiger partial charge in [-0.05, 0) is 26.3 Å². The van der Waals surface area contributed by atoms with Crippen LogP contribution in [0.15, 0.2) is 42.5 Å². The van der Waals surface area contributed by atoms with E-state index in [0.29, 0.717) is 5.57 Å². The van der Waals surface area contributed by atoms with Crippen molar-refractivity contribution in [2.75, 3.05) is 0 Å². The van der Waals surface area contributed by atoms with E-state index in [1.165, 1.54) is 0 Å². The molecule has 0 saturated heterocycles. The van der Waals surface area contributed by atoms with Gasteiger partial charge >= 0.3 is 5.97 Å². The van der Waals surface area contributed by atoms with Crippen molar-refractivity contribution >= 4 is 5.97 Å². The normalized spacial score (nSPS) is 13.8. The summed E-state index contributed by atoms with van der Waals surface area (Å²) in [6, 6.07) is 9.77. The lowest BCUT2D eigenvalue weighted by molar-refractivity contribution is -0.179. The third-order valence-corrected chi connectivity index (χ3v) is 2.29. The van der Waals surface area contributed by atoms with Crippen LogP contribution in [0.5, 0.6) is 0 Å². The molecule has 1 rings (SSSR count). The number of hydrogen-bond donors (Lipinski definition) is 0. The van der Waals surface area contributed by atoms with Crippen molar-refractivity contribution < 1.29 is 14.3 Å². The van der Waals surface area contributed by atoms with Crippen LogP contribution in [-0.4, -0.2) is 12.3 Å². The van der Waals surface area contributed by atoms with Crippen LogP contribution in [0.2, 0.25) is 0 Å². The largest absolute Gasteiger partial charge is 0.433 e. The fourth-order valence-corrected chi connectivity index (χ4v) is 1.37. The van der Waals surface area contributed by atoms with Gasteiger partial charge in [0.25, 0.3) is 0 Å². The minimum atomic E-state index is -0.589. The quantitative estimate of drug-likeness (QED) is 0.446. The summed E-state index contributed by atoms with van der Waals surface area (Å²) in [6.07, 6.45) is -0.710. The van der Waals surface area contributed by atoms with Gasteiger partial charge < -0.3 is 9.47 Å². The molecule has 92 valence electrons. The van der Waals surface area contributed by atoms with Crippen molar-refractivity contribution in [2.24, 2.45) is 0 Å². The monoisotopic (exact) mass is 234 g/mol. The molecular weight excluding hydrogens is 216 g/mol. The Kier molecular flexibility index (Phi) is 4.91. The molecule has 0 N–H and O–H groups in total. The van der Waals surface area contributed by atoms with Crippen LogP contribution in [0, 0.1) is 0 Å². The molecule has 0 fully saturated rings. The van der Waals surface area contributed by atoms with Crippen molar-refractivity contribution in [3.8, 4) is 0 Å². The summed E-state index contributed by atoms with van der Waals surface area (Å²) in [5.41, 5.74) is 1.42. The minimum absolute atomic E-state index is 0.121. The lowest BCUT2D eigenvalue weighted by Crippen LogP contribution is -2.20. The van der Waals surface area contributed by atoms with Gasteiger partial charge in [0.1, 0.15) is 0 Å². The van der Waals surface area contributed by atoms with Gasteiger partial charge in [-0.15, -0.1) is 0 Å². The van der Waals surface area contributed by atoms with Gasteiger partial charge in [-0.25, -0.2) is 4.79 Å². The molecule has 0 aliphatic carbocycles. The minimum Gasteiger partial charge on any atom is -0.433 e. The molecule has 3 heteroatoms. The number of carbonyl (C=O) groups is 1. The summed E-state index contributed by atoms with van der Waals surface area (Å²) in [5, 5.41) is 0. The Hall–Kier alpha value is -1.61. The van der Waals surface area contributed by atoms with Gasteiger partial charge in [0.05, 0.1) is 6.10 Å². The molecule has 0 aliphatic rings. The van der Waals surface area contributed by atoms with E-state index in [-0.39, 0.29) is 6.10 Å². The maximum atomic E-state index is 11.3. The van der Waals surface area contributed by atoms with Crippen molar-refractivity contribution in [3.63, 3.8) is 0 Å². The van der Waals surface area contributed by atoms with Gasteiger partial charge in [-0.2, -0.15) is 0 Å². The highest BCUT2D eigenvalue weighted by molar-refractivity contribution is 5.86. The van der Waals surface area contributed by atoms with Crippen molar-refractivity contribution in [1.82, 2.24) is 0 Å². The maximum Gasteiger partial charge on any atom is 0.335 e. The number of ether oxygens (including phenoxy) is 2. The van der Waals surface area contributed by atoms with Gasteiger partial charge in [-0.1, -0.05) is 36.9 Å². The molecule has 2 unspecified atom stereocenters. The smallest absolute Gasteiger partial charge is 0.335 e. The molecule has 2 atom stereocenters. The summed E-state index contributed by atoms with van der Waals surface area (Å²) in [6.45, 7) is 8.73. The first-order chi connectivity index (χ1) is 8.00. The second-order valence-electron chi connectivity index (χ2n) is 3.94. The van der Waals surface area contributed by atoms with E-state index in [1.807, 2.05) is 37.3 Å². The topological polar surface area (TPSA) is 35.5 Å². The molecule has 0 amide bonds. The highest BCUT2D eigenvalue weighted by atomic mass is 16.7. The van der Waals surface area contributed by atoms with Crippen molar-refractivity contribution in [3.05, 3.63) is 48.0 Å². The van der Waals surface area contributed by atoms with E-state index in [0.717, 1.165) is 5.56 Å². The molecule has 0 spiro atoms. The van der Waals surface area contributed by atoms with E-state index in [4.69, 9.17) is 9.47 Å². The Morgan fingerprint density at radius 2 is 1.82 bits per heavy atom. The molecular formula is C14H18O3. The molecule has 0 bridgehead atoms. The highest BCUT2D eigenvalue weighted by Crippen LogP contribution is 2.18. The molecule has 1 aromatic rings. The van der Waals surface area contributed by atoms with Gasteiger partial charge in [0.2, 0.25) is 6.29 Å². The van der Waals surface area contributed by atoms with E-state index >= 15 is 0 Å². The average molecular weight is 234 g/mol. The zero-order chi connectivity index (χ0) is 12.8. The fraction of sp³-hybridized carbons (Fsp3) is 0.357. The summed E-state index contributed by atoms with van der Waals surface area (Å²) in [5.74, 6) is -0.433. The van der Waals surface area contributed by atoms with Gasteiger partial charge in [0.15, 0.2) is 0 Å². The molecule has 1 aromatic carbocycles. The predicted octanol–water partition coefficient (Wildman–Crippen LogP) is 3.23. The first-order valence-electron chi connectivity index (χ1n) is 5.57. The van der Waals surface area contributed by atoms with Crippen molar-refractivity contribution in [2.45, 2.75) is 33.2 Å². The molecule has 0 heterocycles. The second-order valence-corrected chi connectivity index (χ2v) is 3.94. The third kappa shape index (κ3) is 4.41. The first-order valence-corrected chi connectivity index (χ1v) is 5.57. The Morgan fingerprint density at radius 3 is 2.35 bits per heavy atom. The molecule has 17 heavy (non-hydrogen) atoms. The number of hydrogen-bond acceptors (Lipinski definition) is 3. The Labute approximate surface area is 102 Å².